The molecule has 0 atom stereocenters. The Morgan fingerprint density at radius 1 is 1.35 bits per heavy atom. The van der Waals surface area contributed by atoms with E-state index in [0.29, 0.717) is 0 Å². The van der Waals surface area contributed by atoms with E-state index >= 15 is 0 Å². The van der Waals surface area contributed by atoms with Gasteiger partial charge in [0.2, 0.25) is 0 Å². The minimum Gasteiger partial charge on any atom is -0.492 e. The molecule has 0 aliphatic heterocycles. The maximum absolute atomic E-state index is 14.6. The van der Waals surface area contributed by atoms with E-state index in [1.165, 1.54) is 19.2 Å². The maximum Gasteiger partial charge on any atom is 0.355 e. The van der Waals surface area contributed by atoms with E-state index in [4.69, 9.17) is 22.1 Å². The van der Waals surface area contributed by atoms with Gasteiger partial charge in [-0.2, -0.15) is 0 Å². The molecule has 0 unspecified atom stereocenters. The second-order valence-corrected chi connectivity index (χ2v) is 12.1. The molecule has 0 saturated carbocycles. The summed E-state index contributed by atoms with van der Waals surface area (Å²) in [6.45, 7) is 6.26. The lowest BCUT2D eigenvalue weighted by atomic mass is 10.1. The second-order valence-electron chi connectivity index (χ2n) is 6.64. The fourth-order valence-corrected chi connectivity index (χ4v) is 3.05. The van der Waals surface area contributed by atoms with Crippen LogP contribution in [0.4, 0.5) is 10.2 Å². The quantitative estimate of drug-likeness (QED) is 0.739. The van der Waals surface area contributed by atoms with Crippen molar-refractivity contribution in [3.05, 3.63) is 39.9 Å². The van der Waals surface area contributed by atoms with E-state index in [0.717, 1.165) is 0 Å². The number of methoxy groups -OCH3 is 1. The number of aromatic nitrogens is 2. The Labute approximate surface area is 156 Å². The molecule has 3 N–H and O–H groups in total. The summed E-state index contributed by atoms with van der Waals surface area (Å²) in [6, 6.07) is 2.76. The first-order chi connectivity index (χ1) is 12.0. The molecule has 6 nitrogen and oxygen atoms in total. The first-order valence-electron chi connectivity index (χ1n) is 7.67. The molecule has 2 aromatic rings. The van der Waals surface area contributed by atoms with Crippen molar-refractivity contribution in [2.45, 2.75) is 19.6 Å². The molecule has 1 heterocycles. The van der Waals surface area contributed by atoms with Gasteiger partial charge in [-0.3, -0.25) is 0 Å². The average Bonchev–Trinajstić information content (AvgIpc) is 2.52. The van der Waals surface area contributed by atoms with Crippen molar-refractivity contribution in [2.75, 3.05) is 12.8 Å². The highest BCUT2D eigenvalue weighted by Crippen LogP contribution is 2.34. The molecule has 0 radical (unpaired) electrons. The Kier molecular flexibility index (Phi) is 5.67. The largest absolute Gasteiger partial charge is 0.492 e. The summed E-state index contributed by atoms with van der Waals surface area (Å²) in [4.78, 5) is 19.7. The van der Waals surface area contributed by atoms with Crippen LogP contribution in [0.25, 0.3) is 17.5 Å². The average molecular weight is 396 g/mol. The number of hydrogen-bond acceptors (Lipinski definition) is 5. The van der Waals surface area contributed by atoms with Crippen molar-refractivity contribution in [2.24, 2.45) is 0 Å². The van der Waals surface area contributed by atoms with Crippen LogP contribution in [0.1, 0.15) is 16.1 Å². The molecule has 1 aromatic carbocycles. The van der Waals surface area contributed by atoms with Crippen molar-refractivity contribution in [3.8, 4) is 17.1 Å². The topological polar surface area (TPSA) is 98.3 Å². The number of aromatic carboxylic acids is 1. The third-order valence-electron chi connectivity index (χ3n) is 3.42. The van der Waals surface area contributed by atoms with Gasteiger partial charge in [0, 0.05) is 5.56 Å². The zero-order chi connectivity index (χ0) is 19.6. The molecule has 0 amide bonds. The second kappa shape index (κ2) is 7.43. The van der Waals surface area contributed by atoms with Gasteiger partial charge in [0.1, 0.15) is 5.82 Å². The first kappa shape index (κ1) is 19.9. The van der Waals surface area contributed by atoms with Crippen LogP contribution in [0.15, 0.2) is 17.8 Å². The normalized spacial score (nSPS) is 11.8. The number of rotatable bonds is 5. The zero-order valence-corrected chi connectivity index (χ0v) is 16.6. The van der Waals surface area contributed by atoms with Crippen molar-refractivity contribution >= 4 is 37.5 Å². The molecule has 138 valence electrons. The molecule has 26 heavy (non-hydrogen) atoms. The lowest BCUT2D eigenvalue weighted by Gasteiger charge is -2.12. The van der Waals surface area contributed by atoms with E-state index < -0.39 is 19.9 Å². The smallest absolute Gasteiger partial charge is 0.355 e. The fraction of sp³-hybridized carbons (Fsp3) is 0.235. The summed E-state index contributed by atoms with van der Waals surface area (Å²) in [5.41, 5.74) is 7.73. The summed E-state index contributed by atoms with van der Waals surface area (Å²) >= 11 is 5.88. The molecule has 2 rings (SSSR count). The molecule has 9 heteroatoms. The number of hydrogen-bond donors (Lipinski definition) is 2. The van der Waals surface area contributed by atoms with Crippen LogP contribution in [0, 0.1) is 5.82 Å². The van der Waals surface area contributed by atoms with Crippen LogP contribution in [-0.4, -0.2) is 36.2 Å². The van der Waals surface area contributed by atoms with Crippen LogP contribution in [0.2, 0.25) is 24.7 Å². The number of nitrogens with zero attached hydrogens (tertiary/aromatic N) is 2. The van der Waals surface area contributed by atoms with Crippen LogP contribution in [0.5, 0.6) is 5.75 Å². The van der Waals surface area contributed by atoms with Gasteiger partial charge in [-0.1, -0.05) is 43.0 Å². The molecule has 0 aliphatic rings. The lowest BCUT2D eigenvalue weighted by molar-refractivity contribution is 0.0690. The molecule has 0 saturated heterocycles. The van der Waals surface area contributed by atoms with Gasteiger partial charge in [-0.15, -0.1) is 0 Å². The van der Waals surface area contributed by atoms with Gasteiger partial charge in [-0.25, -0.2) is 19.2 Å². The van der Waals surface area contributed by atoms with Gasteiger partial charge >= 0.3 is 5.97 Å². The lowest BCUT2D eigenvalue weighted by Crippen LogP contribution is -2.16. The molecular formula is C17H19ClFN3O3Si. The molecular weight excluding hydrogens is 377 g/mol. The highest BCUT2D eigenvalue weighted by molar-refractivity contribution is 6.81. The Balaban J connectivity index is 2.68. The Hall–Kier alpha value is -2.45. The maximum atomic E-state index is 14.6. The standard InChI is InChI=1S/C17H19ClFN3O3Si/c1-25-14-11(18)6-5-9(12(14)19)16-21-13(17(23)24)10(15(20)22-16)7-8-26(2,3)4/h5-8H,1-4H3,(H,23,24)(H2,20,21,22)/b8-7+. The SMILES string of the molecule is COc1c(Cl)ccc(-c2nc(N)c(/C=C/[Si](C)(C)C)c(C(=O)O)n2)c1F. The Morgan fingerprint density at radius 3 is 2.54 bits per heavy atom. The first-order valence-corrected chi connectivity index (χ1v) is 11.6. The van der Waals surface area contributed by atoms with Gasteiger partial charge in [0.05, 0.1) is 25.8 Å². The van der Waals surface area contributed by atoms with E-state index in [2.05, 4.69) is 29.6 Å². The van der Waals surface area contributed by atoms with E-state index in [1.54, 1.807) is 6.08 Å². The summed E-state index contributed by atoms with van der Waals surface area (Å²) in [5, 5.41) is 9.58. The summed E-state index contributed by atoms with van der Waals surface area (Å²) in [5.74, 6) is -2.45. The van der Waals surface area contributed by atoms with E-state index in [-0.39, 0.29) is 39.2 Å². The monoisotopic (exact) mass is 395 g/mol. The summed E-state index contributed by atoms with van der Waals surface area (Å²) in [6.07, 6.45) is 1.62. The van der Waals surface area contributed by atoms with E-state index in [1.807, 2.05) is 5.70 Å². The van der Waals surface area contributed by atoms with Crippen LogP contribution in [-0.2, 0) is 0 Å². The van der Waals surface area contributed by atoms with Crippen LogP contribution < -0.4 is 10.5 Å². The Morgan fingerprint density at radius 2 is 2.00 bits per heavy atom. The molecule has 0 bridgehead atoms. The molecule has 1 aromatic heterocycles. The number of nitrogens with two attached hydrogens (primary N) is 1. The van der Waals surface area contributed by atoms with E-state index in [9.17, 15) is 14.3 Å². The summed E-state index contributed by atoms with van der Waals surface area (Å²) in [7, 11) is -0.328. The van der Waals surface area contributed by atoms with Gasteiger partial charge < -0.3 is 15.6 Å². The van der Waals surface area contributed by atoms with Crippen molar-refractivity contribution < 1.29 is 19.0 Å². The highest BCUT2D eigenvalue weighted by atomic mass is 35.5. The predicted octanol–water partition coefficient (Wildman–Crippen LogP) is 4.12. The number of carboxylic acid groups (broad SMARTS) is 1. The Bertz CT molecular complexity index is 898. The number of ether oxygens (including phenoxy) is 1. The number of nitrogen functional groups attached to an aromatic ring is 1. The fourth-order valence-electron chi connectivity index (χ4n) is 2.16. The summed E-state index contributed by atoms with van der Waals surface area (Å²) < 4.78 is 19.5. The van der Waals surface area contributed by atoms with Gasteiger partial charge in [0.15, 0.2) is 23.1 Å². The van der Waals surface area contributed by atoms with Crippen molar-refractivity contribution in [3.63, 3.8) is 0 Å². The van der Waals surface area contributed by atoms with Crippen molar-refractivity contribution in [1.29, 1.82) is 0 Å². The molecule has 0 spiro atoms. The van der Waals surface area contributed by atoms with Crippen molar-refractivity contribution in [1.82, 2.24) is 9.97 Å². The molecule has 0 fully saturated rings. The molecule has 0 aliphatic carbocycles. The zero-order valence-electron chi connectivity index (χ0n) is 14.8. The van der Waals surface area contributed by atoms with Crippen LogP contribution >= 0.6 is 11.6 Å². The van der Waals surface area contributed by atoms with Crippen LogP contribution in [0.3, 0.4) is 0 Å². The number of carboxylic acids is 1. The minimum atomic E-state index is -1.60. The van der Waals surface area contributed by atoms with Gasteiger partial charge in [0.25, 0.3) is 0 Å². The van der Waals surface area contributed by atoms with Gasteiger partial charge in [-0.05, 0) is 12.1 Å². The minimum absolute atomic E-state index is 0.0461. The third-order valence-corrected chi connectivity index (χ3v) is 4.89. The highest BCUT2D eigenvalue weighted by Gasteiger charge is 2.22. The third kappa shape index (κ3) is 4.20. The number of halogens is 2. The predicted molar refractivity (Wildman–Crippen MR) is 103 cm³/mol. The number of anilines is 1. The number of carbonyl (C=O) groups is 1. The number of benzene rings is 1.